The predicted octanol–water partition coefficient (Wildman–Crippen LogP) is 9.01. The van der Waals surface area contributed by atoms with Gasteiger partial charge in [-0.2, -0.15) is 0 Å². The maximum Gasteiger partial charge on any atom is 0.330 e. The Bertz CT molecular complexity index is 3610. The molecule has 21 heteroatoms. The van der Waals surface area contributed by atoms with Gasteiger partial charge >= 0.3 is 11.7 Å². The highest BCUT2D eigenvalue weighted by atomic mass is 35.5. The van der Waals surface area contributed by atoms with Gasteiger partial charge in [-0.1, -0.05) is 62.7 Å². The van der Waals surface area contributed by atoms with E-state index in [0.717, 1.165) is 27.8 Å². The van der Waals surface area contributed by atoms with Gasteiger partial charge in [0.2, 0.25) is 5.91 Å². The first-order valence-corrected chi connectivity index (χ1v) is 26.6. The van der Waals surface area contributed by atoms with Crippen molar-refractivity contribution >= 4 is 68.4 Å². The fourth-order valence-corrected chi connectivity index (χ4v) is 11.4. The van der Waals surface area contributed by atoms with Crippen molar-refractivity contribution in [1.29, 1.82) is 0 Å². The van der Waals surface area contributed by atoms with Gasteiger partial charge in [-0.3, -0.25) is 43.0 Å². The molecule has 402 valence electrons. The minimum absolute atomic E-state index is 0.0537. The molecule has 9 rings (SSSR count). The number of aromatic nitrogens is 8. The summed E-state index contributed by atoms with van der Waals surface area (Å²) in [6, 6.07) is 15.4. The molecule has 0 saturated heterocycles. The third-order valence-corrected chi connectivity index (χ3v) is 15.7. The van der Waals surface area contributed by atoms with Crippen molar-refractivity contribution in [3.63, 3.8) is 0 Å². The second kappa shape index (κ2) is 22.2. The van der Waals surface area contributed by atoms with Crippen LogP contribution < -0.4 is 21.1 Å². The molecule has 1 aliphatic heterocycles. The number of halogens is 1. The van der Waals surface area contributed by atoms with Crippen molar-refractivity contribution in [3.05, 3.63) is 133 Å². The number of nitrogens with zero attached hydrogens (tertiary/aromatic N) is 9. The molecule has 77 heavy (non-hydrogen) atoms. The summed E-state index contributed by atoms with van der Waals surface area (Å²) in [5.41, 5.74) is 6.52. The van der Waals surface area contributed by atoms with Crippen LogP contribution in [-0.2, 0) is 25.6 Å². The van der Waals surface area contributed by atoms with E-state index in [1.54, 1.807) is 36.2 Å². The molecule has 1 aliphatic rings. The number of benzene rings is 2. The summed E-state index contributed by atoms with van der Waals surface area (Å²) in [4.78, 5) is 70.4. The van der Waals surface area contributed by atoms with Crippen molar-refractivity contribution < 1.29 is 33.1 Å². The van der Waals surface area contributed by atoms with Gasteiger partial charge in [-0.15, -0.1) is 21.5 Å². The number of thiophene rings is 1. The first-order valence-electron chi connectivity index (χ1n) is 25.4. The predicted molar refractivity (Wildman–Crippen MR) is 295 cm³/mol. The van der Waals surface area contributed by atoms with Gasteiger partial charge in [0, 0.05) is 51.8 Å². The van der Waals surface area contributed by atoms with Crippen LogP contribution >= 0.6 is 22.9 Å². The van der Waals surface area contributed by atoms with Crippen molar-refractivity contribution in [2.45, 2.75) is 99.9 Å². The second-order valence-electron chi connectivity index (χ2n) is 20.3. The van der Waals surface area contributed by atoms with E-state index < -0.39 is 29.2 Å². The summed E-state index contributed by atoms with van der Waals surface area (Å²) in [5.74, 6) is 1.09. The zero-order valence-electron chi connectivity index (χ0n) is 45.0. The Hall–Kier alpha value is -7.55. The van der Waals surface area contributed by atoms with E-state index in [1.807, 2.05) is 109 Å². The molecule has 2 N–H and O–H groups in total. The molecule has 19 nitrogen and oxygen atoms in total. The third kappa shape index (κ3) is 10.7. The van der Waals surface area contributed by atoms with E-state index in [4.69, 9.17) is 40.3 Å². The van der Waals surface area contributed by atoms with Gasteiger partial charge < -0.3 is 29.4 Å². The first kappa shape index (κ1) is 54.2. The van der Waals surface area contributed by atoms with E-state index in [2.05, 4.69) is 31.0 Å². The average Bonchev–Trinajstić information content (AvgIpc) is 4.16. The molecular formula is C56H62ClN11O8S. The Morgan fingerprint density at radius 3 is 2.42 bits per heavy atom. The van der Waals surface area contributed by atoms with Crippen LogP contribution in [0, 0.1) is 39.0 Å². The SMILES string of the molecule is CCC(OCC(C)(C)CNC(=O)Cn1c(=O)n(C(C)c2ccccn2)c2c3cc(OC)c(-c4c(C)noc4C)cc3ncc21)C(C)CNC(=O)c1sc2c(c1C)C(c1ccc(Cl)cc1)=NC(CC(=O)OC)c1nnc(C)n1-2. The second-order valence-corrected chi connectivity index (χ2v) is 21.7. The minimum Gasteiger partial charge on any atom is -0.496 e. The summed E-state index contributed by atoms with van der Waals surface area (Å²) >= 11 is 7.61. The Morgan fingerprint density at radius 2 is 1.74 bits per heavy atom. The normalized spacial score (nSPS) is 14.6. The standard InChI is InChI=1S/C56H62ClN11O8S/c1-12-43(29(2)24-60-53(71)51-30(3)47-49(35-16-18-36(57)19-17-35)62-41(23-46(70)74-11)52-64-63-34(7)68(52)54(47)77-51)75-28-56(8,9)27-61-45(69)26-66-42-25-59-40-21-38(48-31(4)65-76-33(48)6)44(73-10)22-37(40)50(42)67(55(66)72)32(5)39-15-13-14-20-58-39/h13-22,25,29,32,41,43H,12,23-24,26-28H2,1-11H3,(H,60,71)(H,61,69). The van der Waals surface area contributed by atoms with Gasteiger partial charge in [-0.25, -0.2) is 4.79 Å². The summed E-state index contributed by atoms with van der Waals surface area (Å²) in [6.07, 6.45) is 3.71. The number of hydrogen-bond acceptors (Lipinski definition) is 15. The average molecular weight is 1080 g/mol. The maximum atomic E-state index is 14.6. The number of hydrogen-bond donors (Lipinski definition) is 2. The van der Waals surface area contributed by atoms with Crippen molar-refractivity contribution in [2.75, 3.05) is 33.9 Å². The quantitative estimate of drug-likeness (QED) is 0.0722. The molecule has 0 aliphatic carbocycles. The molecule has 4 unspecified atom stereocenters. The number of rotatable bonds is 19. The molecular weight excluding hydrogens is 1020 g/mol. The van der Waals surface area contributed by atoms with Crippen LogP contribution in [0.1, 0.15) is 115 Å². The van der Waals surface area contributed by atoms with E-state index in [0.29, 0.717) is 96.7 Å². The number of carbonyl (C=O) groups excluding carboxylic acids is 3. The number of carbonyl (C=O) groups is 3. The number of ether oxygens (including phenoxy) is 3. The Morgan fingerprint density at radius 1 is 0.974 bits per heavy atom. The molecule has 4 atom stereocenters. The van der Waals surface area contributed by atoms with Crippen molar-refractivity contribution in [2.24, 2.45) is 16.3 Å². The van der Waals surface area contributed by atoms with Crippen LogP contribution in [-0.4, -0.2) is 103 Å². The molecule has 7 heterocycles. The highest BCUT2D eigenvalue weighted by Gasteiger charge is 2.35. The van der Waals surface area contributed by atoms with Gasteiger partial charge in [0.05, 0.1) is 89.7 Å². The summed E-state index contributed by atoms with van der Waals surface area (Å²) in [6.45, 7) is 18.0. The fourth-order valence-electron chi connectivity index (χ4n) is 10.0. The van der Waals surface area contributed by atoms with E-state index >= 15 is 0 Å². The van der Waals surface area contributed by atoms with E-state index in [1.165, 1.54) is 23.0 Å². The van der Waals surface area contributed by atoms with Crippen LogP contribution in [0.3, 0.4) is 0 Å². The number of methoxy groups -OCH3 is 2. The van der Waals surface area contributed by atoms with Gasteiger partial charge in [0.1, 0.15) is 34.9 Å². The molecule has 0 bridgehead atoms. The molecule has 0 radical (unpaired) electrons. The first-order chi connectivity index (χ1) is 36.8. The lowest BCUT2D eigenvalue weighted by atomic mass is 9.94. The Balaban J connectivity index is 0.889. The minimum atomic E-state index is -0.696. The number of aliphatic imine (C=N–C) groups is 1. The van der Waals surface area contributed by atoms with Crippen LogP contribution in [0.4, 0.5) is 0 Å². The lowest BCUT2D eigenvalue weighted by molar-refractivity contribution is -0.141. The monoisotopic (exact) mass is 1080 g/mol. The summed E-state index contributed by atoms with van der Waals surface area (Å²) < 4.78 is 28.0. The largest absolute Gasteiger partial charge is 0.496 e. The summed E-state index contributed by atoms with van der Waals surface area (Å²) in [7, 11) is 2.92. The topological polar surface area (TPSA) is 225 Å². The number of aryl methyl sites for hydroxylation is 3. The number of pyridine rings is 2. The number of esters is 1. The smallest absolute Gasteiger partial charge is 0.330 e. The number of imidazole rings is 1. The van der Waals surface area contributed by atoms with Crippen LogP contribution in [0.5, 0.6) is 5.75 Å². The molecule has 0 spiro atoms. The fraction of sp³-hybridized carbons (Fsp3) is 0.393. The van der Waals surface area contributed by atoms with Crippen molar-refractivity contribution in [3.8, 4) is 21.9 Å². The van der Waals surface area contributed by atoms with Gasteiger partial charge in [-0.05, 0) is 88.9 Å². The molecule has 2 aromatic carbocycles. The number of fused-ring (bicyclic) bond motifs is 6. The summed E-state index contributed by atoms with van der Waals surface area (Å²) in [5, 5.41) is 21.1. The lowest BCUT2D eigenvalue weighted by Gasteiger charge is -2.30. The Labute approximate surface area is 454 Å². The molecule has 6 aromatic heterocycles. The Kier molecular flexibility index (Phi) is 15.6. The zero-order chi connectivity index (χ0) is 55.0. The van der Waals surface area contributed by atoms with E-state index in [9.17, 15) is 19.2 Å². The van der Waals surface area contributed by atoms with Crippen LogP contribution in [0.2, 0.25) is 5.02 Å². The molecule has 0 fully saturated rings. The highest BCUT2D eigenvalue weighted by molar-refractivity contribution is 7.17. The van der Waals surface area contributed by atoms with Crippen LogP contribution in [0.25, 0.3) is 38.1 Å². The zero-order valence-corrected chi connectivity index (χ0v) is 46.6. The van der Waals surface area contributed by atoms with E-state index in [-0.39, 0.29) is 43.3 Å². The molecule has 2 amide bonds. The van der Waals surface area contributed by atoms with Gasteiger partial charge in [0.25, 0.3) is 5.91 Å². The van der Waals surface area contributed by atoms with Gasteiger partial charge in [0.15, 0.2) is 5.82 Å². The van der Waals surface area contributed by atoms with Crippen molar-refractivity contribution in [1.82, 2.24) is 49.7 Å². The highest BCUT2D eigenvalue weighted by Crippen LogP contribution is 2.42. The van der Waals surface area contributed by atoms with Crippen LogP contribution in [0.15, 0.2) is 81.3 Å². The molecule has 0 saturated carbocycles. The lowest BCUT2D eigenvalue weighted by Crippen LogP contribution is -2.41. The molecule has 8 aromatic rings. The maximum absolute atomic E-state index is 14.6. The number of amides is 2. The number of nitrogens with one attached hydrogen (secondary N) is 2. The third-order valence-electron chi connectivity index (χ3n) is 14.2.